The van der Waals surface area contributed by atoms with Crippen LogP contribution in [0.5, 0.6) is 0 Å². The molecular formula is C16H27N5O8. The van der Waals surface area contributed by atoms with Gasteiger partial charge in [-0.15, -0.1) is 0 Å². The first kappa shape index (κ1) is 25.8. The third-order valence-electron chi connectivity index (χ3n) is 3.53. The lowest BCUT2D eigenvalue weighted by Crippen LogP contribution is -2.54. The molecule has 0 aliphatic carbocycles. The molecule has 4 amide bonds. The summed E-state index contributed by atoms with van der Waals surface area (Å²) in [6, 6.07) is -4.10. The lowest BCUT2D eigenvalue weighted by Gasteiger charge is -2.21. The van der Waals surface area contributed by atoms with Gasteiger partial charge >= 0.3 is 11.9 Å². The van der Waals surface area contributed by atoms with Gasteiger partial charge in [0, 0.05) is 0 Å². The first-order valence-corrected chi connectivity index (χ1v) is 8.69. The smallest absolute Gasteiger partial charge is 0.326 e. The highest BCUT2D eigenvalue weighted by atomic mass is 16.4. The van der Waals surface area contributed by atoms with Crippen LogP contribution in [-0.4, -0.2) is 70.5 Å². The highest BCUT2D eigenvalue weighted by molar-refractivity contribution is 5.94. The van der Waals surface area contributed by atoms with Gasteiger partial charge in [-0.1, -0.05) is 13.8 Å². The van der Waals surface area contributed by atoms with E-state index in [-0.39, 0.29) is 12.3 Å². The predicted octanol–water partition coefficient (Wildman–Crippen LogP) is -3.12. The molecule has 0 aliphatic rings. The minimum absolute atomic E-state index is 0.0660. The van der Waals surface area contributed by atoms with Gasteiger partial charge in [0.05, 0.1) is 25.4 Å². The second-order valence-corrected chi connectivity index (χ2v) is 6.74. The van der Waals surface area contributed by atoms with Crippen molar-refractivity contribution >= 4 is 35.6 Å². The molecule has 3 unspecified atom stereocenters. The Labute approximate surface area is 166 Å². The van der Waals surface area contributed by atoms with E-state index in [1.807, 2.05) is 0 Å². The summed E-state index contributed by atoms with van der Waals surface area (Å²) >= 11 is 0. The first-order valence-electron chi connectivity index (χ1n) is 8.69. The third-order valence-corrected chi connectivity index (χ3v) is 3.53. The number of rotatable bonds is 13. The van der Waals surface area contributed by atoms with Gasteiger partial charge < -0.3 is 37.6 Å². The van der Waals surface area contributed by atoms with Crippen LogP contribution in [0.3, 0.4) is 0 Å². The van der Waals surface area contributed by atoms with Crippen molar-refractivity contribution in [2.75, 3.05) is 6.54 Å². The molecule has 0 aliphatic heterocycles. The maximum Gasteiger partial charge on any atom is 0.326 e. The molecule has 9 N–H and O–H groups in total. The molecular weight excluding hydrogens is 390 g/mol. The Hall–Kier alpha value is -3.22. The summed E-state index contributed by atoms with van der Waals surface area (Å²) in [7, 11) is 0. The molecule has 0 aromatic rings. The van der Waals surface area contributed by atoms with Crippen LogP contribution in [0.25, 0.3) is 0 Å². The van der Waals surface area contributed by atoms with Crippen molar-refractivity contribution < 1.29 is 39.0 Å². The molecule has 164 valence electrons. The molecule has 0 radical (unpaired) electrons. The highest BCUT2D eigenvalue weighted by Gasteiger charge is 2.29. The van der Waals surface area contributed by atoms with E-state index < -0.39 is 73.1 Å². The highest BCUT2D eigenvalue weighted by Crippen LogP contribution is 2.06. The lowest BCUT2D eigenvalue weighted by molar-refractivity contribution is -0.143. The Morgan fingerprint density at radius 1 is 0.897 bits per heavy atom. The van der Waals surface area contributed by atoms with Crippen LogP contribution in [0.2, 0.25) is 0 Å². The van der Waals surface area contributed by atoms with Crippen LogP contribution in [0, 0.1) is 5.92 Å². The molecule has 0 heterocycles. The summed E-state index contributed by atoms with van der Waals surface area (Å²) in [5.41, 5.74) is 10.3. The Bertz CT molecular complexity index is 651. The number of nitrogens with two attached hydrogens (primary N) is 2. The minimum atomic E-state index is -1.56. The summed E-state index contributed by atoms with van der Waals surface area (Å²) < 4.78 is 0. The third kappa shape index (κ3) is 11.3. The molecule has 0 spiro atoms. The van der Waals surface area contributed by atoms with Gasteiger partial charge in [0.25, 0.3) is 0 Å². The van der Waals surface area contributed by atoms with E-state index in [9.17, 15) is 28.8 Å². The molecule has 3 atom stereocenters. The van der Waals surface area contributed by atoms with Gasteiger partial charge in [-0.25, -0.2) is 4.79 Å². The zero-order valence-electron chi connectivity index (χ0n) is 16.1. The first-order chi connectivity index (χ1) is 13.3. The number of hydrogen-bond acceptors (Lipinski definition) is 7. The summed E-state index contributed by atoms with van der Waals surface area (Å²) in [5, 5.41) is 24.5. The van der Waals surface area contributed by atoms with E-state index in [1.165, 1.54) is 0 Å². The van der Waals surface area contributed by atoms with Gasteiger partial charge in [-0.2, -0.15) is 0 Å². The van der Waals surface area contributed by atoms with Gasteiger partial charge in [0.1, 0.15) is 12.1 Å². The minimum Gasteiger partial charge on any atom is -0.481 e. The summed E-state index contributed by atoms with van der Waals surface area (Å²) in [4.78, 5) is 68.8. The normalized spacial score (nSPS) is 13.7. The number of aliphatic carboxylic acids is 2. The Balaban J connectivity index is 4.92. The van der Waals surface area contributed by atoms with Gasteiger partial charge in [0.15, 0.2) is 0 Å². The van der Waals surface area contributed by atoms with E-state index in [4.69, 9.17) is 21.7 Å². The average molecular weight is 417 g/mol. The van der Waals surface area contributed by atoms with Crippen LogP contribution < -0.4 is 27.4 Å². The fourth-order valence-corrected chi connectivity index (χ4v) is 2.20. The molecule has 0 fully saturated rings. The molecule has 0 saturated carbocycles. The second-order valence-electron chi connectivity index (χ2n) is 6.74. The molecule has 0 bridgehead atoms. The molecule has 13 heteroatoms. The lowest BCUT2D eigenvalue weighted by atomic mass is 10.0. The number of hydrogen-bond donors (Lipinski definition) is 7. The van der Waals surface area contributed by atoms with Crippen LogP contribution in [0.4, 0.5) is 0 Å². The van der Waals surface area contributed by atoms with Crippen molar-refractivity contribution in [1.29, 1.82) is 0 Å². The monoisotopic (exact) mass is 417 g/mol. The fourth-order valence-electron chi connectivity index (χ4n) is 2.20. The summed E-state index contributed by atoms with van der Waals surface area (Å²) in [6.07, 6.45) is -1.15. The van der Waals surface area contributed by atoms with Gasteiger partial charge in [-0.3, -0.25) is 24.0 Å². The van der Waals surface area contributed by atoms with Crippen LogP contribution in [0.15, 0.2) is 0 Å². The molecule has 13 nitrogen and oxygen atoms in total. The van der Waals surface area contributed by atoms with E-state index in [2.05, 4.69) is 16.0 Å². The maximum absolute atomic E-state index is 12.3. The second kappa shape index (κ2) is 12.3. The Morgan fingerprint density at radius 2 is 1.48 bits per heavy atom. The van der Waals surface area contributed by atoms with Crippen molar-refractivity contribution in [3.8, 4) is 0 Å². The quantitative estimate of drug-likeness (QED) is 0.160. The number of carbonyl (C=O) groups is 6. The van der Waals surface area contributed by atoms with Crippen molar-refractivity contribution in [1.82, 2.24) is 16.0 Å². The number of primary amides is 1. The molecule has 0 aromatic heterocycles. The van der Waals surface area contributed by atoms with Gasteiger partial charge in [-0.05, 0) is 12.3 Å². The predicted molar refractivity (Wildman–Crippen MR) is 98.0 cm³/mol. The summed E-state index contributed by atoms with van der Waals surface area (Å²) in [6.45, 7) is 2.83. The van der Waals surface area contributed by atoms with Crippen LogP contribution in [0.1, 0.15) is 33.1 Å². The zero-order chi connectivity index (χ0) is 22.7. The number of carbonyl (C=O) groups excluding carboxylic acids is 4. The number of carboxylic acids is 2. The fraction of sp³-hybridized carbons (Fsp3) is 0.625. The zero-order valence-corrected chi connectivity index (χ0v) is 16.1. The molecule has 0 saturated heterocycles. The van der Waals surface area contributed by atoms with Crippen LogP contribution in [-0.2, 0) is 28.8 Å². The number of amides is 4. The van der Waals surface area contributed by atoms with E-state index in [1.54, 1.807) is 13.8 Å². The number of nitrogens with one attached hydrogen (secondary N) is 3. The van der Waals surface area contributed by atoms with Crippen molar-refractivity contribution in [3.63, 3.8) is 0 Å². The van der Waals surface area contributed by atoms with Crippen molar-refractivity contribution in [2.45, 2.75) is 51.2 Å². The van der Waals surface area contributed by atoms with E-state index >= 15 is 0 Å². The average Bonchev–Trinajstić information content (AvgIpc) is 2.56. The number of carboxylic acid groups (broad SMARTS) is 2. The molecule has 0 rings (SSSR count). The van der Waals surface area contributed by atoms with Crippen molar-refractivity contribution in [2.24, 2.45) is 17.4 Å². The van der Waals surface area contributed by atoms with Gasteiger partial charge in [0.2, 0.25) is 23.6 Å². The van der Waals surface area contributed by atoms with E-state index in [0.717, 1.165) is 0 Å². The topological polar surface area (TPSA) is 231 Å². The van der Waals surface area contributed by atoms with E-state index in [0.29, 0.717) is 0 Å². The SMILES string of the molecule is CC(C)CC(NC(=O)C(CC(=O)O)NC(=O)CNC(=O)C(N)CC(N)=O)C(=O)O. The maximum atomic E-state index is 12.3. The van der Waals surface area contributed by atoms with Crippen LogP contribution >= 0.6 is 0 Å². The largest absolute Gasteiger partial charge is 0.481 e. The van der Waals surface area contributed by atoms with Crippen molar-refractivity contribution in [3.05, 3.63) is 0 Å². The molecule has 29 heavy (non-hydrogen) atoms. The molecule has 0 aromatic carbocycles. The summed E-state index contributed by atoms with van der Waals surface area (Å²) in [5.74, 6) is -6.35. The Morgan fingerprint density at radius 3 is 1.93 bits per heavy atom. The Kier molecular flexibility index (Phi) is 10.9. The standard InChI is InChI=1S/C16H27N5O8/c1-7(2)3-10(16(28)29)21-15(27)9(5-13(24)25)20-12(23)6-19-14(26)8(17)4-11(18)22/h7-10H,3-6,17H2,1-2H3,(H2,18,22)(H,19,26)(H,20,23)(H,21,27)(H,24,25)(H,28,29).